The molecule has 1 rings (SSSR count). The van der Waals surface area contributed by atoms with E-state index >= 15 is 0 Å². The molecule has 0 fully saturated rings. The van der Waals surface area contributed by atoms with E-state index in [9.17, 15) is 5.11 Å². The third-order valence-corrected chi connectivity index (χ3v) is 2.93. The van der Waals surface area contributed by atoms with Gasteiger partial charge in [-0.1, -0.05) is 11.1 Å². The van der Waals surface area contributed by atoms with Gasteiger partial charge in [-0.05, 0) is 52.4 Å². The molecule has 0 saturated heterocycles. The molecular formula is C11H20O. The van der Waals surface area contributed by atoms with E-state index in [1.165, 1.54) is 19.3 Å². The molecule has 0 radical (unpaired) electrons. The van der Waals surface area contributed by atoms with Gasteiger partial charge >= 0.3 is 0 Å². The van der Waals surface area contributed by atoms with E-state index < -0.39 is 0 Å². The first kappa shape index (κ1) is 9.79. The second-order valence-corrected chi connectivity index (χ2v) is 4.25. The van der Waals surface area contributed by atoms with Gasteiger partial charge in [-0.25, -0.2) is 0 Å². The molecule has 70 valence electrons. The minimum atomic E-state index is -0.124. The van der Waals surface area contributed by atoms with E-state index in [0.717, 1.165) is 12.3 Å². The maximum atomic E-state index is 9.24. The molecule has 0 bridgehead atoms. The van der Waals surface area contributed by atoms with Crippen LogP contribution in [0, 0.1) is 5.92 Å². The third-order valence-electron chi connectivity index (χ3n) is 2.93. The number of rotatable bonds is 2. The molecule has 1 aliphatic carbocycles. The Morgan fingerprint density at radius 1 is 1.42 bits per heavy atom. The van der Waals surface area contributed by atoms with Crippen molar-refractivity contribution in [3.63, 3.8) is 0 Å². The second kappa shape index (κ2) is 4.08. The molecule has 0 aromatic carbocycles. The molecule has 0 amide bonds. The van der Waals surface area contributed by atoms with Crippen LogP contribution in [-0.4, -0.2) is 11.2 Å². The zero-order valence-corrected chi connectivity index (χ0v) is 8.43. The Morgan fingerprint density at radius 3 is 2.58 bits per heavy atom. The topological polar surface area (TPSA) is 20.2 Å². The molecule has 0 aromatic heterocycles. The average Bonchev–Trinajstić information content (AvgIpc) is 1.96. The first-order valence-corrected chi connectivity index (χ1v) is 4.93. The first-order chi connectivity index (χ1) is 5.59. The standard InChI is InChI=1S/C11H20O/c1-8-4-5-11(6-9(8)2)7-10(3)12/h10-12H,4-7H2,1-3H3. The quantitative estimate of drug-likeness (QED) is 0.629. The maximum Gasteiger partial charge on any atom is 0.0514 e. The van der Waals surface area contributed by atoms with Crippen LogP contribution in [0.5, 0.6) is 0 Å². The highest BCUT2D eigenvalue weighted by Gasteiger charge is 2.17. The van der Waals surface area contributed by atoms with Gasteiger partial charge in [-0.3, -0.25) is 0 Å². The summed E-state index contributed by atoms with van der Waals surface area (Å²) in [4.78, 5) is 0. The van der Waals surface area contributed by atoms with Crippen molar-refractivity contribution >= 4 is 0 Å². The monoisotopic (exact) mass is 168 g/mol. The molecule has 12 heavy (non-hydrogen) atoms. The van der Waals surface area contributed by atoms with E-state index in [1.807, 2.05) is 6.92 Å². The van der Waals surface area contributed by atoms with Crippen molar-refractivity contribution < 1.29 is 5.11 Å². The van der Waals surface area contributed by atoms with Crippen LogP contribution in [0.3, 0.4) is 0 Å². The van der Waals surface area contributed by atoms with E-state index in [2.05, 4.69) is 13.8 Å². The van der Waals surface area contributed by atoms with Crippen LogP contribution in [-0.2, 0) is 0 Å². The summed E-state index contributed by atoms with van der Waals surface area (Å²) >= 11 is 0. The molecule has 0 spiro atoms. The van der Waals surface area contributed by atoms with Crippen molar-refractivity contribution in [1.29, 1.82) is 0 Å². The van der Waals surface area contributed by atoms with Crippen LogP contribution in [0.25, 0.3) is 0 Å². The normalized spacial score (nSPS) is 27.5. The Hall–Kier alpha value is -0.300. The van der Waals surface area contributed by atoms with Crippen LogP contribution in [0.1, 0.15) is 46.5 Å². The summed E-state index contributed by atoms with van der Waals surface area (Å²) in [6.45, 7) is 6.35. The molecule has 2 atom stereocenters. The predicted octanol–water partition coefficient (Wildman–Crippen LogP) is 2.89. The lowest BCUT2D eigenvalue weighted by atomic mass is 9.82. The summed E-state index contributed by atoms with van der Waals surface area (Å²) in [7, 11) is 0. The fourth-order valence-electron chi connectivity index (χ4n) is 2.03. The van der Waals surface area contributed by atoms with Crippen molar-refractivity contribution in [2.45, 2.75) is 52.6 Å². The van der Waals surface area contributed by atoms with Crippen LogP contribution in [0.4, 0.5) is 0 Å². The fourth-order valence-corrected chi connectivity index (χ4v) is 2.03. The fraction of sp³-hybridized carbons (Fsp3) is 0.818. The zero-order valence-electron chi connectivity index (χ0n) is 8.43. The second-order valence-electron chi connectivity index (χ2n) is 4.25. The molecule has 0 heterocycles. The number of aliphatic hydroxyl groups is 1. The number of hydrogen-bond acceptors (Lipinski definition) is 1. The molecule has 0 saturated carbocycles. The minimum Gasteiger partial charge on any atom is -0.393 e. The lowest BCUT2D eigenvalue weighted by Gasteiger charge is -2.25. The van der Waals surface area contributed by atoms with E-state index in [0.29, 0.717) is 0 Å². The van der Waals surface area contributed by atoms with Crippen LogP contribution >= 0.6 is 0 Å². The Morgan fingerprint density at radius 2 is 2.08 bits per heavy atom. The SMILES string of the molecule is CC1=C(C)CC(CC(C)O)CC1. The van der Waals surface area contributed by atoms with Gasteiger partial charge in [0, 0.05) is 0 Å². The lowest BCUT2D eigenvalue weighted by Crippen LogP contribution is -2.14. The Kier molecular flexibility index (Phi) is 3.33. The maximum absolute atomic E-state index is 9.24. The summed E-state index contributed by atoms with van der Waals surface area (Å²) in [6, 6.07) is 0. The summed E-state index contributed by atoms with van der Waals surface area (Å²) < 4.78 is 0. The molecule has 1 N–H and O–H groups in total. The van der Waals surface area contributed by atoms with Gasteiger partial charge in [0.05, 0.1) is 6.10 Å². The lowest BCUT2D eigenvalue weighted by molar-refractivity contribution is 0.155. The van der Waals surface area contributed by atoms with E-state index in [-0.39, 0.29) is 6.10 Å². The number of aliphatic hydroxyl groups excluding tert-OH is 1. The summed E-state index contributed by atoms with van der Waals surface area (Å²) in [5, 5.41) is 9.24. The molecular weight excluding hydrogens is 148 g/mol. The average molecular weight is 168 g/mol. The van der Waals surface area contributed by atoms with Crippen molar-refractivity contribution in [3.05, 3.63) is 11.1 Å². The highest BCUT2D eigenvalue weighted by atomic mass is 16.3. The van der Waals surface area contributed by atoms with Gasteiger partial charge in [0.15, 0.2) is 0 Å². The van der Waals surface area contributed by atoms with Crippen LogP contribution in [0.15, 0.2) is 11.1 Å². The van der Waals surface area contributed by atoms with Gasteiger partial charge in [0.25, 0.3) is 0 Å². The van der Waals surface area contributed by atoms with Crippen molar-refractivity contribution in [2.24, 2.45) is 5.92 Å². The van der Waals surface area contributed by atoms with E-state index in [1.54, 1.807) is 11.1 Å². The highest BCUT2D eigenvalue weighted by Crippen LogP contribution is 2.31. The summed E-state index contributed by atoms with van der Waals surface area (Å²) in [6.07, 6.45) is 4.57. The molecule has 1 nitrogen and oxygen atoms in total. The van der Waals surface area contributed by atoms with Crippen molar-refractivity contribution in [2.75, 3.05) is 0 Å². The minimum absolute atomic E-state index is 0.124. The number of allylic oxidation sites excluding steroid dienone is 2. The molecule has 2 unspecified atom stereocenters. The van der Waals surface area contributed by atoms with Gasteiger partial charge in [0.2, 0.25) is 0 Å². The van der Waals surface area contributed by atoms with Crippen LogP contribution < -0.4 is 0 Å². The van der Waals surface area contributed by atoms with Gasteiger partial charge in [-0.2, -0.15) is 0 Å². The number of hydrogen-bond donors (Lipinski definition) is 1. The molecule has 0 aromatic rings. The van der Waals surface area contributed by atoms with Crippen molar-refractivity contribution in [1.82, 2.24) is 0 Å². The summed E-state index contributed by atoms with van der Waals surface area (Å²) in [5.41, 5.74) is 3.11. The summed E-state index contributed by atoms with van der Waals surface area (Å²) in [5.74, 6) is 0.730. The predicted molar refractivity (Wildman–Crippen MR) is 52.0 cm³/mol. The van der Waals surface area contributed by atoms with Gasteiger partial charge < -0.3 is 5.11 Å². The van der Waals surface area contributed by atoms with Crippen LogP contribution in [0.2, 0.25) is 0 Å². The Bertz CT molecular complexity index is 179. The Balaban J connectivity index is 2.44. The van der Waals surface area contributed by atoms with Gasteiger partial charge in [0.1, 0.15) is 0 Å². The smallest absolute Gasteiger partial charge is 0.0514 e. The molecule has 1 aliphatic rings. The van der Waals surface area contributed by atoms with Crippen molar-refractivity contribution in [3.8, 4) is 0 Å². The Labute approximate surface area is 75.5 Å². The molecule has 0 aliphatic heterocycles. The third kappa shape index (κ3) is 2.63. The van der Waals surface area contributed by atoms with E-state index in [4.69, 9.17) is 0 Å². The largest absolute Gasteiger partial charge is 0.393 e. The first-order valence-electron chi connectivity index (χ1n) is 4.93. The molecule has 1 heteroatoms. The zero-order chi connectivity index (χ0) is 9.14. The van der Waals surface area contributed by atoms with Gasteiger partial charge in [-0.15, -0.1) is 0 Å². The highest BCUT2D eigenvalue weighted by molar-refractivity contribution is 5.13.